The maximum Gasteiger partial charge on any atom is 0.234 e. The van der Waals surface area contributed by atoms with Gasteiger partial charge in [0.25, 0.3) is 0 Å². The number of rotatable bonds is 2. The maximum absolute atomic E-state index is 12.5. The minimum Gasteiger partial charge on any atom is -0.315 e. The second-order valence-corrected chi connectivity index (χ2v) is 6.20. The van der Waals surface area contributed by atoms with Crippen molar-refractivity contribution >= 4 is 27.5 Å². The Morgan fingerprint density at radius 1 is 1.20 bits per heavy atom. The van der Waals surface area contributed by atoms with E-state index in [-0.39, 0.29) is 11.8 Å². The van der Waals surface area contributed by atoms with Gasteiger partial charge in [-0.1, -0.05) is 40.2 Å². The Labute approximate surface area is 127 Å². The molecule has 0 N–H and O–H groups in total. The van der Waals surface area contributed by atoms with E-state index in [4.69, 9.17) is 0 Å². The molecule has 0 spiro atoms. The van der Waals surface area contributed by atoms with Gasteiger partial charge < -0.3 is 4.90 Å². The van der Waals surface area contributed by atoms with Crippen molar-refractivity contribution in [1.29, 1.82) is 0 Å². The quantitative estimate of drug-likeness (QED) is 0.813. The topological polar surface area (TPSA) is 20.3 Å². The first kappa shape index (κ1) is 13.4. The largest absolute Gasteiger partial charge is 0.315 e. The summed E-state index contributed by atoms with van der Waals surface area (Å²) in [5.41, 5.74) is 4.63. The molecule has 1 aliphatic rings. The molecular weight excluding hydrogens is 314 g/mol. The third-order valence-corrected chi connectivity index (χ3v) is 4.53. The zero-order valence-corrected chi connectivity index (χ0v) is 13.1. The molecule has 2 aromatic rings. The van der Waals surface area contributed by atoms with Gasteiger partial charge in [0.05, 0.1) is 5.92 Å². The van der Waals surface area contributed by atoms with Crippen LogP contribution in [-0.2, 0) is 11.2 Å². The number of likely N-dealkylation sites (N-methyl/N-ethyl adjacent to an activating group) is 1. The van der Waals surface area contributed by atoms with Crippen LogP contribution in [0, 0.1) is 6.92 Å². The van der Waals surface area contributed by atoms with E-state index in [9.17, 15) is 4.79 Å². The molecule has 0 bridgehead atoms. The van der Waals surface area contributed by atoms with Gasteiger partial charge in [-0.15, -0.1) is 0 Å². The van der Waals surface area contributed by atoms with Crippen LogP contribution in [-0.4, -0.2) is 13.0 Å². The fourth-order valence-corrected chi connectivity index (χ4v) is 3.23. The Bertz CT molecular complexity index is 680. The monoisotopic (exact) mass is 329 g/mol. The third-order valence-electron chi connectivity index (χ3n) is 4.04. The molecule has 1 amide bonds. The molecular formula is C17H16BrNO. The summed E-state index contributed by atoms with van der Waals surface area (Å²) in [6.45, 7) is 2.10. The summed E-state index contributed by atoms with van der Waals surface area (Å²) in [5.74, 6) is 0.106. The van der Waals surface area contributed by atoms with Gasteiger partial charge in [-0.25, -0.2) is 0 Å². The Morgan fingerprint density at radius 3 is 2.70 bits per heavy atom. The molecule has 0 fully saturated rings. The highest BCUT2D eigenvalue weighted by Crippen LogP contribution is 2.39. The average molecular weight is 330 g/mol. The molecule has 1 heterocycles. The molecule has 3 heteroatoms. The first-order valence-corrected chi connectivity index (χ1v) is 7.49. The summed E-state index contributed by atoms with van der Waals surface area (Å²) < 4.78 is 1.02. The first-order valence-electron chi connectivity index (χ1n) is 6.69. The average Bonchev–Trinajstić information content (AvgIpc) is 2.66. The smallest absolute Gasteiger partial charge is 0.234 e. The Hall–Kier alpha value is -1.61. The van der Waals surface area contributed by atoms with Crippen molar-refractivity contribution in [2.24, 2.45) is 0 Å². The predicted octanol–water partition coefficient (Wildman–Crippen LogP) is 4.06. The number of hydrogen-bond acceptors (Lipinski definition) is 1. The molecule has 1 atom stereocenters. The highest BCUT2D eigenvalue weighted by Gasteiger charge is 2.35. The van der Waals surface area contributed by atoms with Gasteiger partial charge in [0.2, 0.25) is 5.91 Å². The fourth-order valence-electron chi connectivity index (χ4n) is 2.85. The van der Waals surface area contributed by atoms with Gasteiger partial charge in [-0.05, 0) is 48.2 Å². The molecule has 0 saturated heterocycles. The minimum atomic E-state index is -0.0754. The van der Waals surface area contributed by atoms with Crippen LogP contribution in [0.5, 0.6) is 0 Å². The van der Waals surface area contributed by atoms with Crippen LogP contribution in [0.3, 0.4) is 0 Å². The van der Waals surface area contributed by atoms with Gasteiger partial charge >= 0.3 is 0 Å². The predicted molar refractivity (Wildman–Crippen MR) is 85.2 cm³/mol. The lowest BCUT2D eigenvalue weighted by Crippen LogP contribution is -2.25. The van der Waals surface area contributed by atoms with Crippen LogP contribution >= 0.6 is 15.9 Å². The van der Waals surface area contributed by atoms with E-state index in [2.05, 4.69) is 41.1 Å². The van der Waals surface area contributed by atoms with Gasteiger partial charge in [-0.2, -0.15) is 0 Å². The SMILES string of the molecule is Cc1ccccc1CC1C(=O)N(C)c2ccc(Br)cc21. The highest BCUT2D eigenvalue weighted by molar-refractivity contribution is 9.10. The van der Waals surface area contributed by atoms with Crippen LogP contribution in [0.25, 0.3) is 0 Å². The Kier molecular flexibility index (Phi) is 3.38. The number of halogens is 1. The first-order chi connectivity index (χ1) is 9.58. The molecule has 0 radical (unpaired) electrons. The van der Waals surface area contributed by atoms with Gasteiger partial charge in [0.1, 0.15) is 0 Å². The zero-order chi connectivity index (χ0) is 14.3. The number of nitrogens with zero attached hydrogens (tertiary/aromatic N) is 1. The number of hydrogen-bond donors (Lipinski definition) is 0. The van der Waals surface area contributed by atoms with Crippen molar-refractivity contribution < 1.29 is 4.79 Å². The lowest BCUT2D eigenvalue weighted by atomic mass is 9.91. The molecule has 2 nitrogen and oxygen atoms in total. The second kappa shape index (κ2) is 5.06. The number of benzene rings is 2. The fraction of sp³-hybridized carbons (Fsp3) is 0.235. The van der Waals surface area contributed by atoms with Gasteiger partial charge in [0, 0.05) is 17.2 Å². The summed E-state index contributed by atoms with van der Waals surface area (Å²) >= 11 is 3.50. The van der Waals surface area contributed by atoms with E-state index in [0.717, 1.165) is 22.1 Å². The third kappa shape index (κ3) is 2.16. The van der Waals surface area contributed by atoms with Crippen LogP contribution in [0.4, 0.5) is 5.69 Å². The molecule has 102 valence electrons. The number of carbonyl (C=O) groups excluding carboxylic acids is 1. The maximum atomic E-state index is 12.5. The molecule has 2 aromatic carbocycles. The molecule has 1 aliphatic heterocycles. The molecule has 0 saturated carbocycles. The van der Waals surface area contributed by atoms with Crippen LogP contribution in [0.1, 0.15) is 22.6 Å². The van der Waals surface area contributed by atoms with E-state index in [1.165, 1.54) is 11.1 Å². The normalized spacial score (nSPS) is 17.4. The summed E-state index contributed by atoms with van der Waals surface area (Å²) in [6, 6.07) is 14.3. The van der Waals surface area contributed by atoms with E-state index in [1.807, 2.05) is 31.3 Å². The molecule has 0 aliphatic carbocycles. The van der Waals surface area contributed by atoms with E-state index >= 15 is 0 Å². The number of anilines is 1. The van der Waals surface area contributed by atoms with E-state index < -0.39 is 0 Å². The lowest BCUT2D eigenvalue weighted by molar-refractivity contribution is -0.119. The summed E-state index contributed by atoms with van der Waals surface area (Å²) in [4.78, 5) is 14.3. The van der Waals surface area contributed by atoms with Crippen molar-refractivity contribution in [3.63, 3.8) is 0 Å². The van der Waals surface area contributed by atoms with Crippen molar-refractivity contribution in [2.75, 3.05) is 11.9 Å². The summed E-state index contributed by atoms with van der Waals surface area (Å²) in [7, 11) is 1.85. The van der Waals surface area contributed by atoms with Gasteiger partial charge in [-0.3, -0.25) is 4.79 Å². The highest BCUT2D eigenvalue weighted by atomic mass is 79.9. The van der Waals surface area contributed by atoms with Gasteiger partial charge in [0.15, 0.2) is 0 Å². The Balaban J connectivity index is 2.01. The number of carbonyl (C=O) groups is 1. The molecule has 0 aromatic heterocycles. The Morgan fingerprint density at radius 2 is 1.95 bits per heavy atom. The van der Waals surface area contributed by atoms with E-state index in [0.29, 0.717) is 0 Å². The van der Waals surface area contributed by atoms with Crippen molar-refractivity contribution in [2.45, 2.75) is 19.3 Å². The van der Waals surface area contributed by atoms with Crippen molar-refractivity contribution in [3.05, 3.63) is 63.6 Å². The minimum absolute atomic E-state index is 0.0754. The molecule has 20 heavy (non-hydrogen) atoms. The zero-order valence-electron chi connectivity index (χ0n) is 11.6. The summed E-state index contributed by atoms with van der Waals surface area (Å²) in [5, 5.41) is 0. The van der Waals surface area contributed by atoms with Crippen molar-refractivity contribution in [1.82, 2.24) is 0 Å². The number of fused-ring (bicyclic) bond motifs is 1. The van der Waals surface area contributed by atoms with Crippen LogP contribution in [0.2, 0.25) is 0 Å². The van der Waals surface area contributed by atoms with E-state index in [1.54, 1.807) is 4.90 Å². The van der Waals surface area contributed by atoms with Crippen LogP contribution < -0.4 is 4.90 Å². The van der Waals surface area contributed by atoms with Crippen LogP contribution in [0.15, 0.2) is 46.9 Å². The number of amides is 1. The standard InChI is InChI=1S/C17H16BrNO/c1-11-5-3-4-6-12(11)9-15-14-10-13(18)7-8-16(14)19(2)17(15)20/h3-8,10,15H,9H2,1-2H3. The molecule has 3 rings (SSSR count). The van der Waals surface area contributed by atoms with Crippen molar-refractivity contribution in [3.8, 4) is 0 Å². The summed E-state index contributed by atoms with van der Waals surface area (Å²) in [6.07, 6.45) is 0.763. The number of aryl methyl sites for hydroxylation is 1. The lowest BCUT2D eigenvalue weighted by Gasteiger charge is -2.12. The molecule has 1 unspecified atom stereocenters. The second-order valence-electron chi connectivity index (χ2n) is 5.28.